The van der Waals surface area contributed by atoms with Crippen LogP contribution in [0, 0.1) is 6.92 Å². The fourth-order valence-electron chi connectivity index (χ4n) is 2.34. The molecule has 2 aromatic heterocycles. The summed E-state index contributed by atoms with van der Waals surface area (Å²) in [5.74, 6) is 0. The molecular weight excluding hydrogens is 282 g/mol. The minimum atomic E-state index is -0.555. The maximum atomic E-state index is 11.8. The van der Waals surface area contributed by atoms with Gasteiger partial charge in [0.1, 0.15) is 6.33 Å². The molecule has 0 amide bonds. The minimum absolute atomic E-state index is 0.176. The van der Waals surface area contributed by atoms with Crippen LogP contribution in [-0.4, -0.2) is 19.9 Å². The number of nitrogen functional groups attached to an aromatic ring is 1. The van der Waals surface area contributed by atoms with Gasteiger partial charge in [0.25, 0.3) is 5.56 Å². The largest absolute Gasteiger partial charge is 0.423 e. The molecule has 7 nitrogen and oxygen atoms in total. The number of fused-ring (bicyclic) bond motifs is 1. The van der Waals surface area contributed by atoms with Crippen molar-refractivity contribution in [2.75, 3.05) is 11.1 Å². The van der Waals surface area contributed by atoms with E-state index in [1.165, 1.54) is 12.4 Å². The van der Waals surface area contributed by atoms with Crippen molar-refractivity contribution < 1.29 is 5.21 Å². The molecule has 0 unspecified atom stereocenters. The van der Waals surface area contributed by atoms with Crippen molar-refractivity contribution in [3.8, 4) is 0 Å². The SMILES string of the molecule is Cc1ncnc2c1c(NCc1cccc(N)c1)cc(=O)n2O. The standard InChI is InChI=1S/C15H15N5O2/c1-9-14-12(17-7-10-3-2-4-11(16)5-10)6-13(21)20(22)15(14)19-8-18-9/h2-6,8,17,22H,7,16H2,1H3. The molecule has 0 radical (unpaired) electrons. The van der Waals surface area contributed by atoms with Gasteiger partial charge in [0.2, 0.25) is 0 Å². The molecule has 1 aromatic carbocycles. The van der Waals surface area contributed by atoms with Crippen LogP contribution in [0.5, 0.6) is 0 Å². The summed E-state index contributed by atoms with van der Waals surface area (Å²) >= 11 is 0. The number of nitrogens with one attached hydrogen (secondary N) is 1. The third-order valence-electron chi connectivity index (χ3n) is 3.40. The molecule has 112 valence electrons. The van der Waals surface area contributed by atoms with Crippen molar-refractivity contribution in [2.24, 2.45) is 0 Å². The van der Waals surface area contributed by atoms with Gasteiger partial charge in [-0.15, -0.1) is 4.73 Å². The molecule has 0 saturated carbocycles. The Morgan fingerprint density at radius 1 is 1.32 bits per heavy atom. The van der Waals surface area contributed by atoms with Crippen LogP contribution in [0.2, 0.25) is 0 Å². The third kappa shape index (κ3) is 2.44. The monoisotopic (exact) mass is 297 g/mol. The first-order chi connectivity index (χ1) is 10.6. The first-order valence-electron chi connectivity index (χ1n) is 6.71. The van der Waals surface area contributed by atoms with E-state index in [-0.39, 0.29) is 5.65 Å². The van der Waals surface area contributed by atoms with Gasteiger partial charge in [-0.1, -0.05) is 12.1 Å². The Bertz CT molecular complexity index is 904. The molecule has 4 N–H and O–H groups in total. The zero-order valence-electron chi connectivity index (χ0n) is 11.9. The Morgan fingerprint density at radius 2 is 2.14 bits per heavy atom. The van der Waals surface area contributed by atoms with Gasteiger partial charge >= 0.3 is 0 Å². The summed E-state index contributed by atoms with van der Waals surface area (Å²) in [6.45, 7) is 2.28. The highest BCUT2D eigenvalue weighted by Gasteiger charge is 2.12. The lowest BCUT2D eigenvalue weighted by Crippen LogP contribution is -2.20. The summed E-state index contributed by atoms with van der Waals surface area (Å²) in [4.78, 5) is 19.9. The highest BCUT2D eigenvalue weighted by atomic mass is 16.5. The van der Waals surface area contributed by atoms with E-state index in [1.54, 1.807) is 6.92 Å². The first-order valence-corrected chi connectivity index (χ1v) is 6.71. The maximum absolute atomic E-state index is 11.8. The Kier molecular flexibility index (Phi) is 3.38. The number of pyridine rings is 1. The zero-order valence-corrected chi connectivity index (χ0v) is 11.9. The number of nitrogens with two attached hydrogens (primary N) is 1. The topological polar surface area (TPSA) is 106 Å². The fourth-order valence-corrected chi connectivity index (χ4v) is 2.34. The molecule has 0 aliphatic rings. The van der Waals surface area contributed by atoms with Crippen molar-refractivity contribution in [2.45, 2.75) is 13.5 Å². The van der Waals surface area contributed by atoms with Crippen LogP contribution in [0.3, 0.4) is 0 Å². The lowest BCUT2D eigenvalue weighted by atomic mass is 10.1. The number of aryl methyl sites for hydroxylation is 1. The van der Waals surface area contributed by atoms with Gasteiger partial charge in [0, 0.05) is 18.3 Å². The summed E-state index contributed by atoms with van der Waals surface area (Å²) in [6, 6.07) is 8.79. The maximum Gasteiger partial charge on any atom is 0.286 e. The lowest BCUT2D eigenvalue weighted by Gasteiger charge is -2.12. The van der Waals surface area contributed by atoms with Crippen LogP contribution in [-0.2, 0) is 6.54 Å². The Labute approximate surface area is 126 Å². The van der Waals surface area contributed by atoms with Crippen LogP contribution in [0.4, 0.5) is 11.4 Å². The second kappa shape index (κ2) is 5.36. The number of hydrogen-bond donors (Lipinski definition) is 3. The van der Waals surface area contributed by atoms with Crippen LogP contribution < -0.4 is 16.6 Å². The molecule has 0 bridgehead atoms. The van der Waals surface area contributed by atoms with Gasteiger partial charge in [0.05, 0.1) is 16.8 Å². The van der Waals surface area contributed by atoms with Gasteiger partial charge in [-0.2, -0.15) is 0 Å². The minimum Gasteiger partial charge on any atom is -0.423 e. The van der Waals surface area contributed by atoms with Gasteiger partial charge < -0.3 is 16.3 Å². The molecule has 0 fully saturated rings. The Hall–Kier alpha value is -3.09. The molecule has 3 rings (SSSR count). The lowest BCUT2D eigenvalue weighted by molar-refractivity contribution is 0.186. The Morgan fingerprint density at radius 3 is 2.91 bits per heavy atom. The van der Waals surface area contributed by atoms with Crippen LogP contribution >= 0.6 is 0 Å². The van der Waals surface area contributed by atoms with E-state index in [0.29, 0.717) is 33.7 Å². The van der Waals surface area contributed by atoms with Crippen LogP contribution in [0.25, 0.3) is 11.0 Å². The van der Waals surface area contributed by atoms with Gasteiger partial charge in [0.15, 0.2) is 5.65 Å². The van der Waals surface area contributed by atoms with Crippen LogP contribution in [0.1, 0.15) is 11.3 Å². The van der Waals surface area contributed by atoms with Crippen molar-refractivity contribution in [1.82, 2.24) is 14.7 Å². The number of aromatic nitrogens is 3. The van der Waals surface area contributed by atoms with Gasteiger partial charge in [-0.05, 0) is 24.6 Å². The van der Waals surface area contributed by atoms with Crippen LogP contribution in [0.15, 0.2) is 41.5 Å². The molecule has 0 saturated heterocycles. The average Bonchev–Trinajstić information content (AvgIpc) is 2.50. The predicted octanol–water partition coefficient (Wildman–Crippen LogP) is 1.53. The summed E-state index contributed by atoms with van der Waals surface area (Å²) in [6.07, 6.45) is 1.31. The Balaban J connectivity index is 2.04. The molecule has 0 aliphatic heterocycles. The van der Waals surface area contributed by atoms with E-state index in [1.807, 2.05) is 24.3 Å². The van der Waals surface area contributed by atoms with Crippen molar-refractivity contribution in [1.29, 1.82) is 0 Å². The number of benzene rings is 1. The summed E-state index contributed by atoms with van der Waals surface area (Å²) in [7, 11) is 0. The quantitative estimate of drug-likeness (QED) is 0.500. The molecule has 7 heteroatoms. The zero-order chi connectivity index (χ0) is 15.7. The fraction of sp³-hybridized carbons (Fsp3) is 0.133. The average molecular weight is 297 g/mol. The summed E-state index contributed by atoms with van der Waals surface area (Å²) < 4.78 is 0.524. The second-order valence-electron chi connectivity index (χ2n) is 4.96. The van der Waals surface area contributed by atoms with E-state index in [9.17, 15) is 10.0 Å². The van der Waals surface area contributed by atoms with E-state index in [0.717, 1.165) is 5.56 Å². The highest BCUT2D eigenvalue weighted by Crippen LogP contribution is 2.22. The third-order valence-corrected chi connectivity index (χ3v) is 3.40. The predicted molar refractivity (Wildman–Crippen MR) is 83.9 cm³/mol. The van der Waals surface area contributed by atoms with Crippen molar-refractivity contribution in [3.63, 3.8) is 0 Å². The number of hydrogen-bond acceptors (Lipinski definition) is 6. The van der Waals surface area contributed by atoms with E-state index in [4.69, 9.17) is 5.73 Å². The summed E-state index contributed by atoms with van der Waals surface area (Å²) in [5, 5.41) is 13.6. The number of rotatable bonds is 3. The molecule has 0 spiro atoms. The van der Waals surface area contributed by atoms with E-state index >= 15 is 0 Å². The van der Waals surface area contributed by atoms with E-state index in [2.05, 4.69) is 15.3 Å². The first kappa shape index (κ1) is 13.9. The van der Waals surface area contributed by atoms with E-state index < -0.39 is 5.56 Å². The highest BCUT2D eigenvalue weighted by molar-refractivity contribution is 5.90. The van der Waals surface area contributed by atoms with Crippen molar-refractivity contribution >= 4 is 22.4 Å². The van der Waals surface area contributed by atoms with Gasteiger partial charge in [-0.25, -0.2) is 9.97 Å². The normalized spacial score (nSPS) is 10.8. The number of anilines is 2. The molecule has 22 heavy (non-hydrogen) atoms. The molecule has 0 aliphatic carbocycles. The number of nitrogens with zero attached hydrogens (tertiary/aromatic N) is 3. The van der Waals surface area contributed by atoms with Gasteiger partial charge in [-0.3, -0.25) is 4.79 Å². The molecular formula is C15H15N5O2. The molecule has 2 heterocycles. The molecule has 3 aromatic rings. The second-order valence-corrected chi connectivity index (χ2v) is 4.96. The smallest absolute Gasteiger partial charge is 0.286 e. The molecule has 0 atom stereocenters. The summed E-state index contributed by atoms with van der Waals surface area (Å²) in [5.41, 5.74) is 8.27. The van der Waals surface area contributed by atoms with Crippen molar-refractivity contribution in [3.05, 3.63) is 58.3 Å².